The lowest BCUT2D eigenvalue weighted by Gasteiger charge is -2.16. The number of rotatable bonds is 3. The summed E-state index contributed by atoms with van der Waals surface area (Å²) in [5.74, 6) is -1.30. The number of ether oxygens (including phenoxy) is 1. The topological polar surface area (TPSA) is 84.5 Å². The maximum absolute atomic E-state index is 11.8. The molecule has 0 aromatic heterocycles. The summed E-state index contributed by atoms with van der Waals surface area (Å²) < 4.78 is 4.91. The Morgan fingerprint density at radius 1 is 1.17 bits per heavy atom. The van der Waals surface area contributed by atoms with Crippen LogP contribution in [0.25, 0.3) is 0 Å². The van der Waals surface area contributed by atoms with Gasteiger partial charge in [-0.3, -0.25) is 14.9 Å². The Labute approximate surface area is 104 Å². The third-order valence-electron chi connectivity index (χ3n) is 2.09. The molecular formula is C12H14N2O4. The fraction of sp³-hybridized carbons (Fsp3) is 0.250. The van der Waals surface area contributed by atoms with Crippen molar-refractivity contribution in [3.8, 4) is 0 Å². The van der Waals surface area contributed by atoms with Gasteiger partial charge in [-0.1, -0.05) is 30.3 Å². The second kappa shape index (κ2) is 6.39. The standard InChI is InChI=1S/C12H14N2O4/c1-8(15)18-10(9-6-4-3-5-7-9)11(16)14-12(17)13-2/h3-7,10H,1-2H3,(H2,13,14,16,17)/t10-/m0/s1. The number of carbonyl (C=O) groups excluding carboxylic acids is 3. The third kappa shape index (κ3) is 3.89. The van der Waals surface area contributed by atoms with Crippen LogP contribution in [0.15, 0.2) is 30.3 Å². The Bertz CT molecular complexity index is 445. The monoisotopic (exact) mass is 250 g/mol. The number of imide groups is 1. The number of urea groups is 1. The van der Waals surface area contributed by atoms with Gasteiger partial charge >= 0.3 is 12.0 Å². The minimum absolute atomic E-state index is 0.495. The van der Waals surface area contributed by atoms with E-state index in [1.54, 1.807) is 30.3 Å². The first-order chi connectivity index (χ1) is 8.54. The zero-order chi connectivity index (χ0) is 13.5. The first-order valence-electron chi connectivity index (χ1n) is 5.29. The van der Waals surface area contributed by atoms with Gasteiger partial charge < -0.3 is 10.1 Å². The Balaban J connectivity index is 2.88. The highest BCUT2D eigenvalue weighted by molar-refractivity contribution is 5.97. The Hall–Kier alpha value is -2.37. The van der Waals surface area contributed by atoms with Gasteiger partial charge in [0.15, 0.2) is 0 Å². The van der Waals surface area contributed by atoms with Crippen LogP contribution >= 0.6 is 0 Å². The number of hydrogen-bond acceptors (Lipinski definition) is 4. The molecule has 0 bridgehead atoms. The van der Waals surface area contributed by atoms with E-state index in [2.05, 4.69) is 10.6 Å². The zero-order valence-electron chi connectivity index (χ0n) is 10.1. The molecule has 18 heavy (non-hydrogen) atoms. The summed E-state index contributed by atoms with van der Waals surface area (Å²) in [7, 11) is 1.38. The molecule has 1 aromatic rings. The number of esters is 1. The van der Waals surface area contributed by atoms with Crippen molar-refractivity contribution in [1.29, 1.82) is 0 Å². The smallest absolute Gasteiger partial charge is 0.321 e. The van der Waals surface area contributed by atoms with Crippen LogP contribution in [-0.4, -0.2) is 25.0 Å². The van der Waals surface area contributed by atoms with Crippen molar-refractivity contribution in [2.75, 3.05) is 7.05 Å². The van der Waals surface area contributed by atoms with Crippen molar-refractivity contribution in [3.05, 3.63) is 35.9 Å². The summed E-state index contributed by atoms with van der Waals surface area (Å²) >= 11 is 0. The molecule has 0 unspecified atom stereocenters. The van der Waals surface area contributed by atoms with Crippen LogP contribution in [0, 0.1) is 0 Å². The minimum atomic E-state index is -1.14. The van der Waals surface area contributed by atoms with E-state index in [0.717, 1.165) is 0 Å². The van der Waals surface area contributed by atoms with Crippen LogP contribution in [0.5, 0.6) is 0 Å². The lowest BCUT2D eigenvalue weighted by molar-refractivity contribution is -0.154. The second-order valence-corrected chi connectivity index (χ2v) is 3.47. The summed E-state index contributed by atoms with van der Waals surface area (Å²) in [6.07, 6.45) is -1.14. The molecule has 6 nitrogen and oxygen atoms in total. The van der Waals surface area contributed by atoms with Crippen molar-refractivity contribution < 1.29 is 19.1 Å². The maximum Gasteiger partial charge on any atom is 0.321 e. The van der Waals surface area contributed by atoms with Crippen LogP contribution in [0.4, 0.5) is 4.79 Å². The SMILES string of the molecule is CNC(=O)NC(=O)[C@@H](OC(C)=O)c1ccccc1. The van der Waals surface area contributed by atoms with Crippen molar-refractivity contribution in [2.24, 2.45) is 0 Å². The number of nitrogens with one attached hydrogen (secondary N) is 2. The van der Waals surface area contributed by atoms with Crippen LogP contribution < -0.4 is 10.6 Å². The Morgan fingerprint density at radius 3 is 2.28 bits per heavy atom. The molecule has 6 heteroatoms. The van der Waals surface area contributed by atoms with Gasteiger partial charge in [-0.15, -0.1) is 0 Å². The Kier molecular flexibility index (Phi) is 4.86. The molecule has 0 radical (unpaired) electrons. The fourth-order valence-corrected chi connectivity index (χ4v) is 1.31. The van der Waals surface area contributed by atoms with E-state index in [1.807, 2.05) is 0 Å². The molecule has 1 atom stereocenters. The average molecular weight is 250 g/mol. The number of benzene rings is 1. The molecular weight excluding hydrogens is 236 g/mol. The van der Waals surface area contributed by atoms with Gasteiger partial charge in [0.2, 0.25) is 6.10 Å². The largest absolute Gasteiger partial charge is 0.447 e. The molecule has 0 spiro atoms. The molecule has 2 N–H and O–H groups in total. The van der Waals surface area contributed by atoms with Crippen molar-refractivity contribution in [1.82, 2.24) is 10.6 Å². The highest BCUT2D eigenvalue weighted by Crippen LogP contribution is 2.17. The molecule has 0 saturated carbocycles. The average Bonchev–Trinajstić information content (AvgIpc) is 2.36. The quantitative estimate of drug-likeness (QED) is 0.775. The van der Waals surface area contributed by atoms with Crippen LogP contribution in [0.1, 0.15) is 18.6 Å². The highest BCUT2D eigenvalue weighted by Gasteiger charge is 2.24. The number of hydrogen-bond donors (Lipinski definition) is 2. The van der Waals surface area contributed by atoms with Gasteiger partial charge in [0.25, 0.3) is 5.91 Å². The molecule has 0 aliphatic heterocycles. The molecule has 0 heterocycles. The van der Waals surface area contributed by atoms with E-state index < -0.39 is 24.0 Å². The summed E-state index contributed by atoms with van der Waals surface area (Å²) in [6, 6.07) is 7.80. The van der Waals surface area contributed by atoms with Gasteiger partial charge in [-0.25, -0.2) is 4.79 Å². The van der Waals surface area contributed by atoms with Gasteiger partial charge in [0.05, 0.1) is 0 Å². The summed E-state index contributed by atoms with van der Waals surface area (Å²) in [4.78, 5) is 33.8. The van der Waals surface area contributed by atoms with E-state index in [9.17, 15) is 14.4 Å². The van der Waals surface area contributed by atoms with Crippen molar-refractivity contribution >= 4 is 17.9 Å². The summed E-state index contributed by atoms with van der Waals surface area (Å²) in [6.45, 7) is 1.20. The third-order valence-corrected chi connectivity index (χ3v) is 2.09. The first kappa shape index (κ1) is 13.7. The minimum Gasteiger partial charge on any atom is -0.447 e. The predicted molar refractivity (Wildman–Crippen MR) is 63.5 cm³/mol. The number of amides is 3. The number of carbonyl (C=O) groups is 3. The molecule has 1 aromatic carbocycles. The molecule has 1 rings (SSSR count). The van der Waals surface area contributed by atoms with E-state index >= 15 is 0 Å². The lowest BCUT2D eigenvalue weighted by atomic mass is 10.1. The van der Waals surface area contributed by atoms with Crippen LogP contribution in [-0.2, 0) is 14.3 Å². The normalized spacial score (nSPS) is 11.2. The van der Waals surface area contributed by atoms with E-state index in [-0.39, 0.29) is 0 Å². The highest BCUT2D eigenvalue weighted by atomic mass is 16.5. The second-order valence-electron chi connectivity index (χ2n) is 3.47. The Morgan fingerprint density at radius 2 is 1.78 bits per heavy atom. The summed E-state index contributed by atoms with van der Waals surface area (Å²) in [5, 5.41) is 4.31. The molecule has 3 amide bonds. The van der Waals surface area contributed by atoms with E-state index in [1.165, 1.54) is 14.0 Å². The summed E-state index contributed by atoms with van der Waals surface area (Å²) in [5.41, 5.74) is 0.495. The molecule has 96 valence electrons. The van der Waals surface area contributed by atoms with Gasteiger partial charge in [-0.05, 0) is 0 Å². The molecule has 0 aliphatic carbocycles. The first-order valence-corrected chi connectivity index (χ1v) is 5.29. The van der Waals surface area contributed by atoms with Crippen molar-refractivity contribution in [2.45, 2.75) is 13.0 Å². The van der Waals surface area contributed by atoms with Gasteiger partial charge in [-0.2, -0.15) is 0 Å². The maximum atomic E-state index is 11.8. The van der Waals surface area contributed by atoms with Crippen LogP contribution in [0.2, 0.25) is 0 Å². The van der Waals surface area contributed by atoms with Crippen LogP contribution in [0.3, 0.4) is 0 Å². The zero-order valence-corrected chi connectivity index (χ0v) is 10.1. The fourth-order valence-electron chi connectivity index (χ4n) is 1.31. The van der Waals surface area contributed by atoms with Gasteiger partial charge in [0.1, 0.15) is 0 Å². The molecule has 0 fully saturated rings. The van der Waals surface area contributed by atoms with Crippen molar-refractivity contribution in [3.63, 3.8) is 0 Å². The molecule has 0 saturated heterocycles. The van der Waals surface area contributed by atoms with Gasteiger partial charge in [0, 0.05) is 19.5 Å². The molecule has 0 aliphatic rings. The van der Waals surface area contributed by atoms with E-state index in [4.69, 9.17) is 4.74 Å². The van der Waals surface area contributed by atoms with E-state index in [0.29, 0.717) is 5.56 Å². The lowest BCUT2D eigenvalue weighted by Crippen LogP contribution is -2.41. The predicted octanol–water partition coefficient (Wildman–Crippen LogP) is 0.746.